The number of amides is 2. The first kappa shape index (κ1) is 29.2. The van der Waals surface area contributed by atoms with Crippen molar-refractivity contribution in [2.24, 2.45) is 7.05 Å². The lowest BCUT2D eigenvalue weighted by Crippen LogP contribution is -2.43. The minimum Gasteiger partial charge on any atom is -0.382 e. The molecule has 6 nitrogen and oxygen atoms in total. The first-order chi connectivity index (χ1) is 18.5. The maximum atomic E-state index is 13.7. The van der Waals surface area contributed by atoms with Crippen LogP contribution < -0.4 is 0 Å². The molecule has 1 aromatic heterocycles. The maximum absolute atomic E-state index is 13.7. The molecule has 0 bridgehead atoms. The largest absolute Gasteiger partial charge is 0.382 e. The van der Waals surface area contributed by atoms with Gasteiger partial charge in [-0.05, 0) is 61.6 Å². The van der Waals surface area contributed by atoms with Crippen LogP contribution in [0, 0.1) is 0 Å². The number of ether oxygens (including phenoxy) is 1. The molecule has 0 fully saturated rings. The molecule has 3 aromatic rings. The predicted octanol–water partition coefficient (Wildman–Crippen LogP) is 5.86. The Morgan fingerprint density at radius 3 is 2.24 bits per heavy atom. The molecule has 0 saturated carbocycles. The van der Waals surface area contributed by atoms with Gasteiger partial charge in [0.2, 0.25) is 5.91 Å². The maximum Gasteiger partial charge on any atom is 0.254 e. The molecule has 0 radical (unpaired) electrons. The summed E-state index contributed by atoms with van der Waals surface area (Å²) in [6.07, 6.45) is 7.23. The molecule has 204 valence electrons. The molecule has 2 amide bonds. The van der Waals surface area contributed by atoms with E-state index < -0.39 is 0 Å². The van der Waals surface area contributed by atoms with Crippen molar-refractivity contribution < 1.29 is 14.3 Å². The van der Waals surface area contributed by atoms with Crippen LogP contribution in [0.25, 0.3) is 0 Å². The lowest BCUT2D eigenvalue weighted by Gasteiger charge is -2.28. The molecule has 2 aromatic carbocycles. The third-order valence-electron chi connectivity index (χ3n) is 6.78. The average Bonchev–Trinajstić information content (AvgIpc) is 3.34. The van der Waals surface area contributed by atoms with E-state index >= 15 is 0 Å². The normalized spacial score (nSPS) is 10.9. The fourth-order valence-corrected chi connectivity index (χ4v) is 4.49. The van der Waals surface area contributed by atoms with Crippen molar-refractivity contribution in [1.82, 2.24) is 14.4 Å². The number of benzene rings is 2. The van der Waals surface area contributed by atoms with Crippen LogP contribution >= 0.6 is 0 Å². The lowest BCUT2D eigenvalue weighted by molar-refractivity contribution is -0.133. The van der Waals surface area contributed by atoms with Gasteiger partial charge in [0.15, 0.2) is 0 Å². The fourth-order valence-electron chi connectivity index (χ4n) is 4.49. The van der Waals surface area contributed by atoms with Crippen LogP contribution in [0.4, 0.5) is 0 Å². The van der Waals surface area contributed by atoms with Gasteiger partial charge in [0.1, 0.15) is 6.54 Å². The van der Waals surface area contributed by atoms with Crippen LogP contribution in [0.15, 0.2) is 72.9 Å². The summed E-state index contributed by atoms with van der Waals surface area (Å²) < 4.78 is 7.54. The molecule has 0 aliphatic heterocycles. The molecule has 0 spiro atoms. The molecule has 0 N–H and O–H groups in total. The van der Waals surface area contributed by atoms with Gasteiger partial charge < -0.3 is 19.1 Å². The highest BCUT2D eigenvalue weighted by Crippen LogP contribution is 2.15. The molecular formula is C32H43N3O3. The van der Waals surface area contributed by atoms with Gasteiger partial charge >= 0.3 is 0 Å². The highest BCUT2D eigenvalue weighted by molar-refractivity contribution is 5.96. The zero-order valence-corrected chi connectivity index (χ0v) is 23.3. The van der Waals surface area contributed by atoms with Gasteiger partial charge in [-0.2, -0.15) is 0 Å². The van der Waals surface area contributed by atoms with E-state index in [0.717, 1.165) is 24.1 Å². The van der Waals surface area contributed by atoms with Crippen LogP contribution in [0.3, 0.4) is 0 Å². The number of hydrogen-bond acceptors (Lipinski definition) is 3. The Hall–Kier alpha value is -3.38. The number of unbranched alkanes of at least 4 members (excludes halogenated alkanes) is 2. The van der Waals surface area contributed by atoms with Gasteiger partial charge in [-0.3, -0.25) is 9.59 Å². The molecule has 1 heterocycles. The molecule has 0 atom stereocenters. The quantitative estimate of drug-likeness (QED) is 0.224. The highest BCUT2D eigenvalue weighted by Gasteiger charge is 2.23. The van der Waals surface area contributed by atoms with Crippen molar-refractivity contribution in [2.45, 2.75) is 59.0 Å². The lowest BCUT2D eigenvalue weighted by atomic mass is 10.0. The van der Waals surface area contributed by atoms with Crippen LogP contribution in [0.2, 0.25) is 0 Å². The summed E-state index contributed by atoms with van der Waals surface area (Å²) >= 11 is 0. The second kappa shape index (κ2) is 15.8. The molecule has 0 unspecified atom stereocenters. The Labute approximate surface area is 228 Å². The van der Waals surface area contributed by atoms with Crippen LogP contribution in [-0.4, -0.2) is 52.5 Å². The van der Waals surface area contributed by atoms with E-state index in [0.29, 0.717) is 44.8 Å². The van der Waals surface area contributed by atoms with E-state index in [1.54, 1.807) is 4.90 Å². The van der Waals surface area contributed by atoms with Crippen LogP contribution in [0.1, 0.15) is 66.7 Å². The first-order valence-corrected chi connectivity index (χ1v) is 13.9. The second-order valence-electron chi connectivity index (χ2n) is 9.78. The Kier molecular flexibility index (Phi) is 12.1. The summed E-state index contributed by atoms with van der Waals surface area (Å²) in [6, 6.07) is 21.9. The molecule has 38 heavy (non-hydrogen) atoms. The number of carbonyl (C=O) groups excluding carboxylic acids is 2. The number of carbonyl (C=O) groups is 2. The third-order valence-corrected chi connectivity index (χ3v) is 6.78. The number of aromatic nitrogens is 1. The van der Waals surface area contributed by atoms with E-state index in [2.05, 4.69) is 6.92 Å². The summed E-state index contributed by atoms with van der Waals surface area (Å²) in [7, 11) is 1.98. The second-order valence-corrected chi connectivity index (χ2v) is 9.78. The summed E-state index contributed by atoms with van der Waals surface area (Å²) in [6.45, 7) is 6.80. The topological polar surface area (TPSA) is 54.8 Å². The van der Waals surface area contributed by atoms with Crippen LogP contribution in [0.5, 0.6) is 0 Å². The first-order valence-electron chi connectivity index (χ1n) is 13.9. The van der Waals surface area contributed by atoms with Crippen molar-refractivity contribution in [2.75, 3.05) is 26.3 Å². The van der Waals surface area contributed by atoms with E-state index in [9.17, 15) is 9.59 Å². The summed E-state index contributed by atoms with van der Waals surface area (Å²) in [4.78, 5) is 30.8. The number of rotatable bonds is 16. The zero-order chi connectivity index (χ0) is 27.2. The summed E-state index contributed by atoms with van der Waals surface area (Å²) in [5.74, 6) is -0.190. The smallest absolute Gasteiger partial charge is 0.254 e. The summed E-state index contributed by atoms with van der Waals surface area (Å²) in [5.41, 5.74) is 3.96. The van der Waals surface area contributed by atoms with Crippen molar-refractivity contribution in [3.63, 3.8) is 0 Å². The van der Waals surface area contributed by atoms with E-state index in [1.165, 1.54) is 18.4 Å². The molecule has 0 aliphatic carbocycles. The Morgan fingerprint density at radius 2 is 1.58 bits per heavy atom. The van der Waals surface area contributed by atoms with Crippen LogP contribution in [-0.2, 0) is 36.1 Å². The van der Waals surface area contributed by atoms with Crippen molar-refractivity contribution in [3.8, 4) is 0 Å². The van der Waals surface area contributed by atoms with Gasteiger partial charge in [-0.1, -0.05) is 62.2 Å². The van der Waals surface area contributed by atoms with Gasteiger partial charge in [-0.25, -0.2) is 0 Å². The van der Waals surface area contributed by atoms with E-state index in [4.69, 9.17) is 4.74 Å². The molecule has 0 saturated heterocycles. The van der Waals surface area contributed by atoms with Gasteiger partial charge in [-0.15, -0.1) is 0 Å². The van der Waals surface area contributed by atoms with Crippen molar-refractivity contribution >= 4 is 11.8 Å². The zero-order valence-electron chi connectivity index (χ0n) is 23.3. The minimum atomic E-state index is -0.117. The Morgan fingerprint density at radius 1 is 0.816 bits per heavy atom. The van der Waals surface area contributed by atoms with Crippen molar-refractivity contribution in [3.05, 3.63) is 95.3 Å². The predicted molar refractivity (Wildman–Crippen MR) is 153 cm³/mol. The Bertz CT molecular complexity index is 1110. The number of aryl methyl sites for hydroxylation is 2. The van der Waals surface area contributed by atoms with E-state index in [-0.39, 0.29) is 18.4 Å². The molecule has 6 heteroatoms. The summed E-state index contributed by atoms with van der Waals surface area (Å²) in [5, 5.41) is 0. The monoisotopic (exact) mass is 517 g/mol. The minimum absolute atomic E-state index is 0.0282. The Balaban J connectivity index is 1.76. The molecule has 0 aliphatic rings. The fraction of sp³-hybridized carbons (Fsp3) is 0.438. The average molecular weight is 518 g/mol. The van der Waals surface area contributed by atoms with Gasteiger partial charge in [0.25, 0.3) is 5.91 Å². The standard InChI is InChI=1S/C32H43N3O3/c1-4-6-8-13-27-17-19-29(20-18-27)32(37)34(22-12-23-38-5-2)26-31(36)35(24-28-14-9-7-10-15-28)25-30-16-11-21-33(30)3/h7,9-11,14-21H,4-6,8,12-13,22-26H2,1-3H3. The SMILES string of the molecule is CCCCCc1ccc(C(=O)N(CCCOCC)CC(=O)N(Cc2ccccc2)Cc2cccn2C)cc1. The van der Waals surface area contributed by atoms with E-state index in [1.807, 2.05) is 96.4 Å². The number of nitrogens with zero attached hydrogens (tertiary/aromatic N) is 3. The van der Waals surface area contributed by atoms with Gasteiger partial charge in [0.05, 0.1) is 6.54 Å². The molecular weight excluding hydrogens is 474 g/mol. The van der Waals surface area contributed by atoms with Crippen molar-refractivity contribution in [1.29, 1.82) is 0 Å². The highest BCUT2D eigenvalue weighted by atomic mass is 16.5. The number of hydrogen-bond donors (Lipinski definition) is 0. The van der Waals surface area contributed by atoms with Gasteiger partial charge in [0, 0.05) is 50.8 Å². The third kappa shape index (κ3) is 9.18. The molecule has 3 rings (SSSR count).